The quantitative estimate of drug-likeness (QED) is 0.827. The Kier molecular flexibility index (Phi) is 5.10. The van der Waals surface area contributed by atoms with Crippen molar-refractivity contribution in [3.05, 3.63) is 18.0 Å². The number of rotatable bonds is 4. The fourth-order valence-electron chi connectivity index (χ4n) is 3.51. The second-order valence-electron chi connectivity index (χ2n) is 6.26. The monoisotopic (exact) mass is 306 g/mol. The van der Waals surface area contributed by atoms with Crippen LogP contribution in [0, 0.1) is 0 Å². The van der Waals surface area contributed by atoms with Crippen molar-refractivity contribution in [3.63, 3.8) is 0 Å². The van der Waals surface area contributed by atoms with Gasteiger partial charge in [0.2, 0.25) is 5.91 Å². The summed E-state index contributed by atoms with van der Waals surface area (Å²) in [4.78, 5) is 16.6. The van der Waals surface area contributed by atoms with E-state index in [2.05, 4.69) is 16.1 Å². The highest BCUT2D eigenvalue weighted by atomic mass is 16.5. The molecule has 0 N–H and O–H groups in total. The number of carbonyl (C=O) groups excluding carboxylic acids is 1. The Bertz CT molecular complexity index is 496. The van der Waals surface area contributed by atoms with Gasteiger partial charge in [-0.05, 0) is 25.5 Å². The molecule has 0 spiro atoms. The van der Waals surface area contributed by atoms with Crippen LogP contribution in [0.25, 0.3) is 0 Å². The van der Waals surface area contributed by atoms with E-state index in [1.807, 2.05) is 22.8 Å². The Morgan fingerprint density at radius 3 is 2.91 bits per heavy atom. The molecule has 2 fully saturated rings. The van der Waals surface area contributed by atoms with Crippen molar-refractivity contribution in [3.8, 4) is 0 Å². The molecule has 22 heavy (non-hydrogen) atoms. The van der Waals surface area contributed by atoms with E-state index in [9.17, 15) is 4.79 Å². The number of amides is 1. The second kappa shape index (κ2) is 7.24. The lowest BCUT2D eigenvalue weighted by Gasteiger charge is -2.33. The Balaban J connectivity index is 1.48. The number of nitrogens with zero attached hydrogens (tertiary/aromatic N) is 4. The summed E-state index contributed by atoms with van der Waals surface area (Å²) in [5.74, 6) is 0.811. The molecule has 1 atom stereocenters. The lowest BCUT2D eigenvalue weighted by atomic mass is 9.94. The predicted molar refractivity (Wildman–Crippen MR) is 83.6 cm³/mol. The van der Waals surface area contributed by atoms with Crippen LogP contribution in [-0.4, -0.2) is 71.4 Å². The van der Waals surface area contributed by atoms with E-state index >= 15 is 0 Å². The third-order valence-electron chi connectivity index (χ3n) is 4.79. The largest absolute Gasteiger partial charge is 0.378 e. The number of morpholine rings is 1. The summed E-state index contributed by atoms with van der Waals surface area (Å²) >= 11 is 0. The van der Waals surface area contributed by atoms with Crippen LogP contribution in [0.5, 0.6) is 0 Å². The molecule has 3 rings (SSSR count). The number of aryl methyl sites for hydroxylation is 1. The highest BCUT2D eigenvalue weighted by Crippen LogP contribution is 2.26. The third kappa shape index (κ3) is 3.67. The second-order valence-corrected chi connectivity index (χ2v) is 6.26. The molecule has 2 saturated heterocycles. The van der Waals surface area contributed by atoms with Crippen molar-refractivity contribution < 1.29 is 9.53 Å². The standard InChI is InChI=1S/C16H26N4O2/c1-18-15(4-6-17-18)14-3-2-7-19(13-14)8-5-16(21)20-9-11-22-12-10-20/h4,6,14H,2-3,5,7-13H2,1H3. The van der Waals surface area contributed by atoms with Gasteiger partial charge in [-0.1, -0.05) is 0 Å². The number of likely N-dealkylation sites (tertiary alicyclic amines) is 1. The van der Waals surface area contributed by atoms with Gasteiger partial charge >= 0.3 is 0 Å². The Morgan fingerprint density at radius 2 is 2.18 bits per heavy atom. The maximum absolute atomic E-state index is 12.2. The molecule has 1 amide bonds. The number of ether oxygens (including phenoxy) is 1. The normalized spacial score (nSPS) is 23.7. The smallest absolute Gasteiger partial charge is 0.224 e. The molecule has 3 heterocycles. The average molecular weight is 306 g/mol. The van der Waals surface area contributed by atoms with Gasteiger partial charge in [0.25, 0.3) is 0 Å². The lowest BCUT2D eigenvalue weighted by Crippen LogP contribution is -2.43. The maximum atomic E-state index is 12.2. The van der Waals surface area contributed by atoms with Gasteiger partial charge in [-0.15, -0.1) is 0 Å². The van der Waals surface area contributed by atoms with Gasteiger partial charge in [0.1, 0.15) is 0 Å². The number of hydrogen-bond acceptors (Lipinski definition) is 4. The van der Waals surface area contributed by atoms with Crippen LogP contribution in [0.3, 0.4) is 0 Å². The molecule has 1 aromatic heterocycles. The van der Waals surface area contributed by atoms with Crippen LogP contribution in [0.4, 0.5) is 0 Å². The third-order valence-corrected chi connectivity index (χ3v) is 4.79. The molecule has 2 aliphatic heterocycles. The van der Waals surface area contributed by atoms with Crippen molar-refractivity contribution in [2.45, 2.75) is 25.2 Å². The van der Waals surface area contributed by atoms with Crippen molar-refractivity contribution in [1.82, 2.24) is 19.6 Å². The summed E-state index contributed by atoms with van der Waals surface area (Å²) in [7, 11) is 2.01. The first-order valence-corrected chi connectivity index (χ1v) is 8.30. The van der Waals surface area contributed by atoms with E-state index in [1.165, 1.54) is 18.5 Å². The van der Waals surface area contributed by atoms with E-state index in [0.29, 0.717) is 25.6 Å². The molecule has 0 aromatic carbocycles. The molecule has 6 nitrogen and oxygen atoms in total. The summed E-state index contributed by atoms with van der Waals surface area (Å²) < 4.78 is 7.28. The van der Waals surface area contributed by atoms with E-state index in [4.69, 9.17) is 4.74 Å². The zero-order valence-electron chi connectivity index (χ0n) is 13.4. The highest BCUT2D eigenvalue weighted by Gasteiger charge is 2.24. The highest BCUT2D eigenvalue weighted by molar-refractivity contribution is 5.76. The van der Waals surface area contributed by atoms with E-state index in [0.717, 1.165) is 32.7 Å². The Labute approximate surface area is 132 Å². The summed E-state index contributed by atoms with van der Waals surface area (Å²) in [6, 6.07) is 2.12. The number of piperidine rings is 1. The zero-order valence-corrected chi connectivity index (χ0v) is 13.4. The number of aromatic nitrogens is 2. The molecule has 0 saturated carbocycles. The lowest BCUT2D eigenvalue weighted by molar-refractivity contribution is -0.135. The average Bonchev–Trinajstić information content (AvgIpc) is 3.00. The van der Waals surface area contributed by atoms with Gasteiger partial charge < -0.3 is 14.5 Å². The van der Waals surface area contributed by atoms with Gasteiger partial charge in [-0.25, -0.2) is 0 Å². The molecule has 6 heteroatoms. The van der Waals surface area contributed by atoms with Crippen LogP contribution in [-0.2, 0) is 16.6 Å². The molecular weight excluding hydrogens is 280 g/mol. The SMILES string of the molecule is Cn1nccc1C1CCCN(CCC(=O)N2CCOCC2)C1. The molecule has 0 bridgehead atoms. The van der Waals surface area contributed by atoms with Gasteiger partial charge in [0, 0.05) is 57.5 Å². The van der Waals surface area contributed by atoms with Crippen LogP contribution in [0.1, 0.15) is 30.9 Å². The molecule has 1 unspecified atom stereocenters. The topological polar surface area (TPSA) is 50.6 Å². The van der Waals surface area contributed by atoms with E-state index < -0.39 is 0 Å². The first-order chi connectivity index (χ1) is 10.7. The van der Waals surface area contributed by atoms with Crippen LogP contribution in [0.15, 0.2) is 12.3 Å². The zero-order chi connectivity index (χ0) is 15.4. The van der Waals surface area contributed by atoms with Gasteiger partial charge in [0.15, 0.2) is 0 Å². The predicted octanol–water partition coefficient (Wildman–Crippen LogP) is 0.848. The molecular formula is C16H26N4O2. The minimum absolute atomic E-state index is 0.269. The van der Waals surface area contributed by atoms with E-state index in [-0.39, 0.29) is 5.91 Å². The van der Waals surface area contributed by atoms with Crippen LogP contribution >= 0.6 is 0 Å². The molecule has 1 aromatic rings. The molecule has 2 aliphatic rings. The first-order valence-electron chi connectivity index (χ1n) is 8.30. The summed E-state index contributed by atoms with van der Waals surface area (Å²) in [6.07, 6.45) is 4.91. The van der Waals surface area contributed by atoms with E-state index in [1.54, 1.807) is 0 Å². The first kappa shape index (κ1) is 15.5. The van der Waals surface area contributed by atoms with Crippen LogP contribution < -0.4 is 0 Å². The summed E-state index contributed by atoms with van der Waals surface area (Å²) in [5, 5.41) is 4.28. The number of carbonyl (C=O) groups is 1. The summed E-state index contributed by atoms with van der Waals surface area (Å²) in [5.41, 5.74) is 1.31. The van der Waals surface area contributed by atoms with Crippen molar-refractivity contribution in [1.29, 1.82) is 0 Å². The molecule has 0 radical (unpaired) electrons. The number of hydrogen-bond donors (Lipinski definition) is 0. The maximum Gasteiger partial charge on any atom is 0.224 e. The fourth-order valence-corrected chi connectivity index (χ4v) is 3.51. The van der Waals surface area contributed by atoms with Crippen molar-refractivity contribution in [2.24, 2.45) is 7.05 Å². The minimum atomic E-state index is 0.269. The van der Waals surface area contributed by atoms with Gasteiger partial charge in [0.05, 0.1) is 13.2 Å². The van der Waals surface area contributed by atoms with Crippen molar-refractivity contribution in [2.75, 3.05) is 45.9 Å². The summed E-state index contributed by atoms with van der Waals surface area (Å²) in [6.45, 7) is 5.86. The Morgan fingerprint density at radius 1 is 1.36 bits per heavy atom. The van der Waals surface area contributed by atoms with Crippen LogP contribution in [0.2, 0.25) is 0 Å². The minimum Gasteiger partial charge on any atom is -0.378 e. The molecule has 0 aliphatic carbocycles. The van der Waals surface area contributed by atoms with Gasteiger partial charge in [-0.2, -0.15) is 5.10 Å². The van der Waals surface area contributed by atoms with Gasteiger partial charge in [-0.3, -0.25) is 9.48 Å². The van der Waals surface area contributed by atoms with Crippen molar-refractivity contribution >= 4 is 5.91 Å². The fraction of sp³-hybridized carbons (Fsp3) is 0.750. The molecule has 122 valence electrons. The Hall–Kier alpha value is -1.40.